The summed E-state index contributed by atoms with van der Waals surface area (Å²) in [4.78, 5) is 12.9. The van der Waals surface area contributed by atoms with Gasteiger partial charge in [-0.2, -0.15) is 5.26 Å². The van der Waals surface area contributed by atoms with Crippen LogP contribution in [0.25, 0.3) is 0 Å². The van der Waals surface area contributed by atoms with Crippen LogP contribution in [0.3, 0.4) is 0 Å². The van der Waals surface area contributed by atoms with Gasteiger partial charge in [0.1, 0.15) is 29.9 Å². The van der Waals surface area contributed by atoms with Gasteiger partial charge >= 0.3 is 0 Å². The van der Waals surface area contributed by atoms with Crippen LogP contribution in [0.4, 0.5) is 0 Å². The average molecular weight is 464 g/mol. The summed E-state index contributed by atoms with van der Waals surface area (Å²) in [6, 6.07) is 1.06. The van der Waals surface area contributed by atoms with Gasteiger partial charge in [-0.3, -0.25) is 4.79 Å². The van der Waals surface area contributed by atoms with E-state index in [1.807, 2.05) is 0 Å². The molecule has 9 atom stereocenters. The van der Waals surface area contributed by atoms with Crippen LogP contribution >= 0.6 is 23.4 Å². The number of ether oxygens (including phenoxy) is 1. The highest BCUT2D eigenvalue weighted by atomic mass is 35.5. The van der Waals surface area contributed by atoms with E-state index in [1.54, 1.807) is 13.2 Å². The number of hydrogen-bond acceptors (Lipinski definition) is 8. The van der Waals surface area contributed by atoms with Gasteiger partial charge < -0.3 is 30.7 Å². The number of halogens is 1. The number of alkyl halides is 1. The molecule has 0 aliphatic carbocycles. The highest BCUT2D eigenvalue weighted by Gasteiger charge is 2.48. The Hall–Kier alpha value is -0.600. The zero-order valence-electron chi connectivity index (χ0n) is 17.5. The quantitative estimate of drug-likeness (QED) is 0.262. The average Bonchev–Trinajstić information content (AvgIpc) is 2.97. The molecule has 0 aromatic heterocycles. The molecule has 30 heavy (non-hydrogen) atoms. The van der Waals surface area contributed by atoms with E-state index in [0.717, 1.165) is 32.2 Å². The lowest BCUT2D eigenvalue weighted by Gasteiger charge is -2.44. The highest BCUT2D eigenvalue weighted by molar-refractivity contribution is 7.99. The van der Waals surface area contributed by atoms with Gasteiger partial charge in [-0.25, -0.2) is 0 Å². The van der Waals surface area contributed by atoms with E-state index in [4.69, 9.17) is 21.6 Å². The van der Waals surface area contributed by atoms with Crippen molar-refractivity contribution in [1.29, 1.82) is 5.26 Å². The normalized spacial score (nSPS) is 36.9. The number of aliphatic hydroxyl groups is 3. The molecule has 9 unspecified atom stereocenters. The number of nitrogens with zero attached hydrogens (tertiary/aromatic N) is 1. The minimum absolute atomic E-state index is 0.220. The van der Waals surface area contributed by atoms with Crippen molar-refractivity contribution >= 4 is 29.3 Å². The van der Waals surface area contributed by atoms with Gasteiger partial charge in [0.05, 0.1) is 23.5 Å². The highest BCUT2D eigenvalue weighted by Crippen LogP contribution is 2.30. The fraction of sp³-hybridized carbons (Fsp3) is 0.900. The Labute approximate surface area is 187 Å². The molecular formula is C20H34ClN3O5S. The van der Waals surface area contributed by atoms with Crippen LogP contribution in [-0.2, 0) is 9.53 Å². The Morgan fingerprint density at radius 2 is 2.03 bits per heavy atom. The number of carbonyl (C=O) groups excluding carboxylic acids is 1. The second kappa shape index (κ2) is 12.4. The minimum Gasteiger partial charge on any atom is -0.388 e. The number of nitriles is 1. The molecule has 2 saturated heterocycles. The lowest BCUT2D eigenvalue weighted by atomic mass is 9.92. The molecule has 0 radical (unpaired) electrons. The number of carbonyl (C=O) groups is 1. The van der Waals surface area contributed by atoms with Crippen LogP contribution in [0.5, 0.6) is 0 Å². The number of aliphatic hydroxyl groups excluding tert-OH is 3. The number of unbranched alkanes of at least 4 members (excludes halogenated alkanes) is 1. The first kappa shape index (κ1) is 25.7. The van der Waals surface area contributed by atoms with Crippen molar-refractivity contribution in [1.82, 2.24) is 10.6 Å². The number of rotatable bonds is 8. The number of thioether (sulfide) groups is 1. The molecule has 0 spiro atoms. The third kappa shape index (κ3) is 6.70. The first-order chi connectivity index (χ1) is 14.3. The van der Waals surface area contributed by atoms with Gasteiger partial charge in [-0.05, 0) is 57.7 Å². The minimum atomic E-state index is -1.39. The van der Waals surface area contributed by atoms with Crippen molar-refractivity contribution in [2.24, 2.45) is 5.92 Å². The summed E-state index contributed by atoms with van der Waals surface area (Å²) in [6.45, 7) is 2.41. The predicted octanol–water partition coefficient (Wildman–Crippen LogP) is 0.721. The molecule has 1 amide bonds. The maximum atomic E-state index is 12.9. The van der Waals surface area contributed by atoms with Gasteiger partial charge in [0, 0.05) is 6.42 Å². The Morgan fingerprint density at radius 3 is 2.67 bits per heavy atom. The molecule has 8 nitrogen and oxygen atoms in total. The molecule has 0 saturated carbocycles. The number of nitrogens with one attached hydrogen (secondary N) is 2. The summed E-state index contributed by atoms with van der Waals surface area (Å²) in [5.74, 6) is 0.274. The molecule has 5 N–H and O–H groups in total. The van der Waals surface area contributed by atoms with Crippen LogP contribution in [0.1, 0.15) is 45.4 Å². The molecule has 172 valence electrons. The maximum absolute atomic E-state index is 12.9. The first-order valence-electron chi connectivity index (χ1n) is 10.6. The largest absolute Gasteiger partial charge is 0.388 e. The van der Waals surface area contributed by atoms with Gasteiger partial charge in [0.2, 0.25) is 5.91 Å². The van der Waals surface area contributed by atoms with Crippen LogP contribution < -0.4 is 10.6 Å². The van der Waals surface area contributed by atoms with E-state index in [0.29, 0.717) is 18.8 Å². The zero-order chi connectivity index (χ0) is 22.3. The van der Waals surface area contributed by atoms with Crippen molar-refractivity contribution < 1.29 is 24.9 Å². The van der Waals surface area contributed by atoms with E-state index in [-0.39, 0.29) is 11.9 Å². The summed E-state index contributed by atoms with van der Waals surface area (Å²) >= 11 is 7.54. The summed E-state index contributed by atoms with van der Waals surface area (Å²) < 4.78 is 5.80. The molecule has 10 heteroatoms. The lowest BCUT2D eigenvalue weighted by molar-refractivity contribution is -0.205. The summed E-state index contributed by atoms with van der Waals surface area (Å²) in [6.07, 6.45) is 1.78. The predicted molar refractivity (Wildman–Crippen MR) is 116 cm³/mol. The fourth-order valence-electron chi connectivity index (χ4n) is 4.18. The van der Waals surface area contributed by atoms with E-state index in [1.165, 1.54) is 11.8 Å². The Balaban J connectivity index is 1.99. The molecule has 2 aliphatic rings. The molecule has 2 rings (SSSR count). The van der Waals surface area contributed by atoms with Crippen LogP contribution in [0.15, 0.2) is 0 Å². The van der Waals surface area contributed by atoms with E-state index >= 15 is 0 Å². The van der Waals surface area contributed by atoms with E-state index in [2.05, 4.69) is 16.7 Å². The van der Waals surface area contributed by atoms with Crippen LogP contribution in [0, 0.1) is 17.2 Å². The molecular weight excluding hydrogens is 430 g/mol. The van der Waals surface area contributed by atoms with Crippen molar-refractivity contribution in [3.63, 3.8) is 0 Å². The van der Waals surface area contributed by atoms with E-state index < -0.39 is 41.3 Å². The molecule has 2 heterocycles. The molecule has 0 bridgehead atoms. The van der Waals surface area contributed by atoms with Gasteiger partial charge in [0.25, 0.3) is 0 Å². The third-order valence-electron chi connectivity index (χ3n) is 6.02. The zero-order valence-corrected chi connectivity index (χ0v) is 19.1. The summed E-state index contributed by atoms with van der Waals surface area (Å²) in [5.41, 5.74) is -0.728. The topological polar surface area (TPSA) is 135 Å². The second-order valence-electron chi connectivity index (χ2n) is 8.18. The number of amides is 1. The number of hydrogen-bond donors (Lipinski definition) is 5. The SMILES string of the molecule is CSC1OC(C(NC(=O)C2CCC(CCCC#N)CCN2)C(C)Cl)C(O)C(O)C1O. The fourth-order valence-corrected chi connectivity index (χ4v) is 5.07. The third-order valence-corrected chi connectivity index (χ3v) is 7.15. The molecule has 2 aliphatic heterocycles. The van der Waals surface area contributed by atoms with Crippen LogP contribution in [0.2, 0.25) is 0 Å². The Morgan fingerprint density at radius 1 is 1.30 bits per heavy atom. The Kier molecular flexibility index (Phi) is 10.6. The summed E-state index contributed by atoms with van der Waals surface area (Å²) in [5, 5.41) is 45.0. The van der Waals surface area contributed by atoms with Crippen molar-refractivity contribution in [3.05, 3.63) is 0 Å². The van der Waals surface area contributed by atoms with Crippen molar-refractivity contribution in [2.75, 3.05) is 12.8 Å². The van der Waals surface area contributed by atoms with Crippen molar-refractivity contribution in [2.45, 2.75) is 92.8 Å². The smallest absolute Gasteiger partial charge is 0.237 e. The standard InChI is InChI=1S/C20H34ClN3O5S/c1-11(21)14(18-16(26)15(25)17(27)20(29-18)30-2)24-19(28)13-7-6-12(8-10-23-13)5-3-4-9-22/h11-18,20,23,25-27H,3-8,10H2,1-2H3,(H,24,28). The molecule has 0 aromatic rings. The van der Waals surface area contributed by atoms with Gasteiger partial charge in [0.15, 0.2) is 0 Å². The molecule has 2 fully saturated rings. The van der Waals surface area contributed by atoms with Crippen LogP contribution in [-0.4, -0.2) is 81.3 Å². The van der Waals surface area contributed by atoms with Crippen molar-refractivity contribution in [3.8, 4) is 6.07 Å². The van der Waals surface area contributed by atoms with Gasteiger partial charge in [-0.15, -0.1) is 23.4 Å². The van der Waals surface area contributed by atoms with Gasteiger partial charge in [-0.1, -0.05) is 0 Å². The second-order valence-corrected chi connectivity index (χ2v) is 9.80. The van der Waals surface area contributed by atoms with E-state index in [9.17, 15) is 20.1 Å². The first-order valence-corrected chi connectivity index (χ1v) is 12.3. The molecule has 0 aromatic carbocycles. The monoisotopic (exact) mass is 463 g/mol. The maximum Gasteiger partial charge on any atom is 0.237 e. The Bertz CT molecular complexity index is 591. The lowest BCUT2D eigenvalue weighted by Crippen LogP contribution is -2.65. The summed E-state index contributed by atoms with van der Waals surface area (Å²) in [7, 11) is 0.